The Kier molecular flexibility index (Phi) is 19.6. The van der Waals surface area contributed by atoms with Crippen LogP contribution in [0.3, 0.4) is 0 Å². The van der Waals surface area contributed by atoms with Gasteiger partial charge in [0.25, 0.3) is 0 Å². The van der Waals surface area contributed by atoms with E-state index >= 15 is 35.1 Å². The SMILES string of the molecule is C[Si](C)(C)/C(=C(/c1c(F)c(F)c(F)c(F)c1F)[B@-](Cl)(c1c(F)c(F)c(F)c(F)c1F)[n+]1ccccc1)C1CCCCC1.C[Si](C)(C)/C(=C(/c1c(F)c(F)c(F)c(F)c1F)[B@@-](Cl)(c1c(F)c(F)c(F)c(F)c1F)[n+]1ccccc1)C1CCCCC1. The number of aromatic nitrogens is 2. The third-order valence-electron chi connectivity index (χ3n) is 15.5. The van der Waals surface area contributed by atoms with Crippen molar-refractivity contribution >= 4 is 72.3 Å². The Morgan fingerprint density at radius 3 is 0.738 bits per heavy atom. The highest BCUT2D eigenvalue weighted by Gasteiger charge is 2.55. The second-order valence-corrected chi connectivity index (χ2v) is 34.1. The molecule has 0 saturated heterocycles. The molecule has 0 spiro atoms. The van der Waals surface area contributed by atoms with E-state index in [1.165, 1.54) is 36.4 Å². The van der Waals surface area contributed by atoms with Crippen LogP contribution in [0, 0.1) is 128 Å². The highest BCUT2D eigenvalue weighted by molar-refractivity contribution is 7.33. The Hall–Kier alpha value is -5.60. The quantitative estimate of drug-likeness (QED) is 0.0499. The number of benzene rings is 4. The molecule has 2 aromatic heterocycles. The lowest BCUT2D eigenvalue weighted by Crippen LogP contribution is -2.71. The number of allylic oxidation sites excluding steroid dienone is 2. The number of nitrogens with zero attached hydrogens (tertiary/aromatic N) is 2. The fraction of sp³-hybridized carbons (Fsp3) is 0.321. The number of pyridine rings is 2. The van der Waals surface area contributed by atoms with E-state index in [-0.39, 0.29) is 10.4 Å². The summed E-state index contributed by atoms with van der Waals surface area (Å²) in [7, 11) is -6.09. The summed E-state index contributed by atoms with van der Waals surface area (Å²) in [5.41, 5.74) is -16.7. The molecule has 2 atom stereocenters. The van der Waals surface area contributed by atoms with Crippen LogP contribution in [0.5, 0.6) is 0 Å². The molecule has 0 amide bonds. The molecule has 8 rings (SSSR count). The molecule has 28 heteroatoms. The fourth-order valence-electron chi connectivity index (χ4n) is 12.1. The molecule has 6 aromatic rings. The van der Waals surface area contributed by atoms with Gasteiger partial charge in [0.2, 0.25) is 11.6 Å². The summed E-state index contributed by atoms with van der Waals surface area (Å²) in [5.74, 6) is -49.2. The number of hydrogen-bond acceptors (Lipinski definition) is 0. The van der Waals surface area contributed by atoms with Gasteiger partial charge in [0.05, 0.1) is 16.1 Å². The summed E-state index contributed by atoms with van der Waals surface area (Å²) in [6.45, 7) is 10.0. The van der Waals surface area contributed by atoms with Gasteiger partial charge >= 0.3 is 11.4 Å². The highest BCUT2D eigenvalue weighted by atomic mass is 35.5. The van der Waals surface area contributed by atoms with Crippen LogP contribution in [0.15, 0.2) is 71.6 Å². The van der Waals surface area contributed by atoms with Gasteiger partial charge in [0.1, 0.15) is 48.1 Å². The van der Waals surface area contributed by atoms with Gasteiger partial charge in [0, 0.05) is 11.1 Å². The van der Waals surface area contributed by atoms with Gasteiger partial charge in [-0.25, -0.2) is 87.8 Å². The average Bonchev–Trinajstić information content (AvgIpc) is 2.38. The monoisotopic (exact) mass is 1280 g/mol. The van der Waals surface area contributed by atoms with Crippen molar-refractivity contribution in [2.45, 2.75) is 103 Å². The molecule has 84 heavy (non-hydrogen) atoms. The van der Waals surface area contributed by atoms with Crippen LogP contribution >= 0.6 is 22.9 Å². The lowest BCUT2D eigenvalue weighted by Gasteiger charge is -2.42. The Bertz CT molecular complexity index is 3260. The summed E-state index contributed by atoms with van der Waals surface area (Å²) in [5, 5.41) is 0.196. The molecule has 0 unspecified atom stereocenters. The summed E-state index contributed by atoms with van der Waals surface area (Å²) >= 11 is 14.2. The summed E-state index contributed by atoms with van der Waals surface area (Å²) in [6.07, 6.45) is 9.67. The fourth-order valence-corrected chi connectivity index (χ4v) is 18.7. The predicted molar refractivity (Wildman–Crippen MR) is 285 cm³/mol. The Morgan fingerprint density at radius 2 is 0.524 bits per heavy atom. The predicted octanol–water partition coefficient (Wildman–Crippen LogP) is 16.5. The Labute approximate surface area is 481 Å². The van der Waals surface area contributed by atoms with Crippen molar-refractivity contribution in [3.8, 4) is 0 Å². The van der Waals surface area contributed by atoms with Gasteiger partial charge in [0.15, 0.2) is 81.4 Å². The first-order valence-electron chi connectivity index (χ1n) is 26.3. The minimum Gasteiger partial charge on any atom is -0.405 e. The maximum Gasteiger partial charge on any atom is 0.422 e. The van der Waals surface area contributed by atoms with E-state index in [1.54, 1.807) is 39.3 Å². The molecule has 2 saturated carbocycles. The lowest BCUT2D eigenvalue weighted by atomic mass is 9.45. The van der Waals surface area contributed by atoms with E-state index in [0.717, 1.165) is 46.6 Å². The first kappa shape index (κ1) is 65.9. The summed E-state index contributed by atoms with van der Waals surface area (Å²) < 4.78 is 302. The van der Waals surface area contributed by atoms with E-state index < -0.39 is 189 Å². The Morgan fingerprint density at radius 1 is 0.321 bits per heavy atom. The highest BCUT2D eigenvalue weighted by Crippen LogP contribution is 2.48. The van der Waals surface area contributed by atoms with Gasteiger partial charge in [-0.2, -0.15) is 0 Å². The molecule has 0 aliphatic heterocycles. The second kappa shape index (κ2) is 25.0. The van der Waals surface area contributed by atoms with Crippen LogP contribution in [0.25, 0.3) is 10.9 Å². The Balaban J connectivity index is 0.000000241. The van der Waals surface area contributed by atoms with Crippen molar-refractivity contribution in [3.05, 3.63) is 199 Å². The van der Waals surface area contributed by atoms with E-state index in [4.69, 9.17) is 22.9 Å². The summed E-state index contributed by atoms with van der Waals surface area (Å²) in [4.78, 5) is 0. The molecule has 0 bridgehead atoms. The molecule has 4 aromatic carbocycles. The van der Waals surface area contributed by atoms with Crippen LogP contribution in [0.2, 0.25) is 39.3 Å². The number of halogens is 22. The second-order valence-electron chi connectivity index (χ2n) is 22.8. The minimum atomic E-state index is -4.23. The van der Waals surface area contributed by atoms with Crippen LogP contribution in [0.4, 0.5) is 87.8 Å². The molecule has 0 N–H and O–H groups in total. The smallest absolute Gasteiger partial charge is 0.405 e. The largest absolute Gasteiger partial charge is 0.422 e. The van der Waals surface area contributed by atoms with E-state index in [9.17, 15) is 52.7 Å². The van der Waals surface area contributed by atoms with E-state index in [0.29, 0.717) is 51.4 Å². The van der Waals surface area contributed by atoms with Crippen LogP contribution in [-0.4, -0.2) is 27.5 Å². The first-order chi connectivity index (χ1) is 39.1. The number of rotatable bonds is 12. The zero-order valence-corrected chi connectivity index (χ0v) is 48.9. The molecule has 2 nitrogen and oxygen atoms in total. The molecule has 2 aliphatic rings. The molecular formula is C56H50B2Cl2F20N2Si2. The first-order valence-corrected chi connectivity index (χ1v) is 34.2. The maximum absolute atomic E-state index is 15.8. The topological polar surface area (TPSA) is 7.76 Å². The molecule has 0 radical (unpaired) electrons. The van der Waals surface area contributed by atoms with Gasteiger partial charge in [-0.15, -0.1) is 21.3 Å². The molecule has 2 heterocycles. The van der Waals surface area contributed by atoms with Gasteiger partial charge in [-0.05, 0) is 72.7 Å². The van der Waals surface area contributed by atoms with Crippen molar-refractivity contribution in [1.29, 1.82) is 0 Å². The maximum atomic E-state index is 15.8. The van der Waals surface area contributed by atoms with Crippen LogP contribution in [-0.2, 0) is 0 Å². The van der Waals surface area contributed by atoms with Crippen molar-refractivity contribution in [1.82, 2.24) is 0 Å². The lowest BCUT2D eigenvalue weighted by molar-refractivity contribution is -0.537. The van der Waals surface area contributed by atoms with Crippen LogP contribution < -0.4 is 19.9 Å². The van der Waals surface area contributed by atoms with Gasteiger partial charge < -0.3 is 8.96 Å². The third-order valence-corrected chi connectivity index (χ3v) is 21.4. The zero-order chi connectivity index (χ0) is 62.6. The molecule has 452 valence electrons. The third kappa shape index (κ3) is 11.5. The molecule has 2 fully saturated rings. The van der Waals surface area contributed by atoms with Crippen molar-refractivity contribution < 1.29 is 96.8 Å². The molecule has 2 aliphatic carbocycles. The van der Waals surface area contributed by atoms with Gasteiger partial charge in [-0.3, -0.25) is 22.9 Å². The van der Waals surface area contributed by atoms with Crippen molar-refractivity contribution in [2.75, 3.05) is 0 Å². The molecular weight excluding hydrogens is 1230 g/mol. The average molecular weight is 1280 g/mol. The van der Waals surface area contributed by atoms with Gasteiger partial charge in [-0.1, -0.05) is 89.9 Å². The summed E-state index contributed by atoms with van der Waals surface area (Å²) in [6, 6.07) is 7.85. The zero-order valence-electron chi connectivity index (χ0n) is 45.4. The van der Waals surface area contributed by atoms with Crippen molar-refractivity contribution in [2.24, 2.45) is 11.8 Å². The van der Waals surface area contributed by atoms with E-state index in [2.05, 4.69) is 0 Å². The normalized spacial score (nSPS) is 16.8. The van der Waals surface area contributed by atoms with Crippen molar-refractivity contribution in [3.63, 3.8) is 0 Å². The van der Waals surface area contributed by atoms with Crippen LogP contribution in [0.1, 0.15) is 75.3 Å². The minimum absolute atomic E-state index is 0.0979. The van der Waals surface area contributed by atoms with E-state index in [1.807, 2.05) is 0 Å². The number of hydrogen-bond donors (Lipinski definition) is 0. The standard InChI is InChI=1S/2C28H25BClF10NSi/c2*1-42(2,3)28(14-10-6-4-7-11-14)16(15-18(31)22(35)26(39)23(36)19(15)32)29(30,41-12-8-5-9-13-41)17-20(33)24(37)27(40)25(38)21(17)34/h2*5,8-9,12-14H,4,6-7,10-11H2,1-3H3/b2*28-16-/t2*29-/m10/s1.